The molecule has 0 saturated carbocycles. The van der Waals surface area contributed by atoms with E-state index in [9.17, 15) is 8.42 Å². The van der Waals surface area contributed by atoms with Crippen LogP contribution in [-0.4, -0.2) is 34.1 Å². The lowest BCUT2D eigenvalue weighted by Crippen LogP contribution is -2.30. The standard InChI is InChI=1S/C14H22N2O4S/c1-19-12-4-3-5-13(20-2)14(12)11(16-15)8-10-6-7-21(17,18)9-10/h3-5,10-11,16H,6-9,15H2,1-2H3. The van der Waals surface area contributed by atoms with Crippen LogP contribution in [0.2, 0.25) is 0 Å². The van der Waals surface area contributed by atoms with E-state index in [2.05, 4.69) is 5.43 Å². The third kappa shape index (κ3) is 3.66. The lowest BCUT2D eigenvalue weighted by molar-refractivity contribution is 0.352. The van der Waals surface area contributed by atoms with Gasteiger partial charge in [-0.3, -0.25) is 11.3 Å². The van der Waals surface area contributed by atoms with E-state index >= 15 is 0 Å². The summed E-state index contributed by atoms with van der Waals surface area (Å²) in [5, 5.41) is 0. The quantitative estimate of drug-likeness (QED) is 0.602. The second kappa shape index (κ2) is 6.64. The molecule has 21 heavy (non-hydrogen) atoms. The van der Waals surface area contributed by atoms with Crippen LogP contribution in [0.5, 0.6) is 11.5 Å². The molecule has 2 unspecified atom stereocenters. The molecule has 0 spiro atoms. The number of nitrogens with one attached hydrogen (secondary N) is 1. The molecule has 6 nitrogen and oxygen atoms in total. The molecule has 2 rings (SSSR count). The number of benzene rings is 1. The van der Waals surface area contributed by atoms with Crippen LogP contribution in [0.4, 0.5) is 0 Å². The van der Waals surface area contributed by atoms with Crippen molar-refractivity contribution >= 4 is 9.84 Å². The van der Waals surface area contributed by atoms with Crippen LogP contribution < -0.4 is 20.7 Å². The predicted octanol–water partition coefficient (Wildman–Crippen LogP) is 1.03. The molecular weight excluding hydrogens is 292 g/mol. The van der Waals surface area contributed by atoms with Gasteiger partial charge in [0.25, 0.3) is 0 Å². The highest BCUT2D eigenvalue weighted by Gasteiger charge is 2.31. The Bertz CT molecular complexity index is 566. The van der Waals surface area contributed by atoms with Gasteiger partial charge in [0.05, 0.1) is 37.3 Å². The summed E-state index contributed by atoms with van der Waals surface area (Å²) < 4.78 is 33.9. The molecule has 1 aromatic rings. The van der Waals surface area contributed by atoms with Gasteiger partial charge in [-0.05, 0) is 30.9 Å². The summed E-state index contributed by atoms with van der Waals surface area (Å²) in [4.78, 5) is 0. The van der Waals surface area contributed by atoms with Gasteiger partial charge in [-0.15, -0.1) is 0 Å². The van der Waals surface area contributed by atoms with Crippen LogP contribution in [0.15, 0.2) is 18.2 Å². The molecule has 2 atom stereocenters. The van der Waals surface area contributed by atoms with Crippen molar-refractivity contribution in [3.8, 4) is 11.5 Å². The summed E-state index contributed by atoms with van der Waals surface area (Å²) in [6.07, 6.45) is 1.31. The number of hydrazine groups is 1. The molecule has 118 valence electrons. The Labute approximate surface area is 125 Å². The van der Waals surface area contributed by atoms with Crippen molar-refractivity contribution in [2.75, 3.05) is 25.7 Å². The number of hydrogen-bond acceptors (Lipinski definition) is 6. The van der Waals surface area contributed by atoms with Crippen LogP contribution in [0.25, 0.3) is 0 Å². The summed E-state index contributed by atoms with van der Waals surface area (Å²) in [6, 6.07) is 5.31. The fourth-order valence-electron chi connectivity index (χ4n) is 2.88. The Morgan fingerprint density at radius 2 is 1.95 bits per heavy atom. The van der Waals surface area contributed by atoms with Crippen molar-refractivity contribution in [2.45, 2.75) is 18.9 Å². The Balaban J connectivity index is 2.25. The van der Waals surface area contributed by atoms with Crippen LogP contribution in [0.3, 0.4) is 0 Å². The Hall–Kier alpha value is -1.31. The molecule has 0 aliphatic carbocycles. The second-order valence-electron chi connectivity index (χ2n) is 5.30. The maximum Gasteiger partial charge on any atom is 0.150 e. The predicted molar refractivity (Wildman–Crippen MR) is 81.0 cm³/mol. The summed E-state index contributed by atoms with van der Waals surface area (Å²) in [6.45, 7) is 0. The second-order valence-corrected chi connectivity index (χ2v) is 7.53. The van der Waals surface area contributed by atoms with E-state index in [0.717, 1.165) is 5.56 Å². The molecule has 1 aromatic carbocycles. The highest BCUT2D eigenvalue weighted by molar-refractivity contribution is 7.91. The number of ether oxygens (including phenoxy) is 2. The number of rotatable bonds is 6. The zero-order valence-electron chi connectivity index (χ0n) is 12.3. The SMILES string of the molecule is COc1cccc(OC)c1C(CC1CCS(=O)(=O)C1)NN. The van der Waals surface area contributed by atoms with Gasteiger partial charge >= 0.3 is 0 Å². The van der Waals surface area contributed by atoms with E-state index in [0.29, 0.717) is 24.3 Å². The maximum atomic E-state index is 11.6. The fourth-order valence-corrected chi connectivity index (χ4v) is 4.76. The normalized spacial score (nSPS) is 22.0. The van der Waals surface area contributed by atoms with Crippen LogP contribution in [0, 0.1) is 5.92 Å². The highest BCUT2D eigenvalue weighted by atomic mass is 32.2. The van der Waals surface area contributed by atoms with E-state index < -0.39 is 9.84 Å². The van der Waals surface area contributed by atoms with E-state index in [-0.39, 0.29) is 23.5 Å². The number of nitrogens with two attached hydrogens (primary N) is 1. The molecule has 1 heterocycles. The zero-order chi connectivity index (χ0) is 15.5. The zero-order valence-corrected chi connectivity index (χ0v) is 13.2. The molecule has 3 N–H and O–H groups in total. The first-order valence-electron chi connectivity index (χ1n) is 6.88. The Morgan fingerprint density at radius 1 is 1.33 bits per heavy atom. The van der Waals surface area contributed by atoms with Gasteiger partial charge in [0.1, 0.15) is 11.5 Å². The average Bonchev–Trinajstić information content (AvgIpc) is 2.83. The Morgan fingerprint density at radius 3 is 2.38 bits per heavy atom. The third-order valence-electron chi connectivity index (χ3n) is 3.91. The van der Waals surface area contributed by atoms with Crippen LogP contribution in [0.1, 0.15) is 24.4 Å². The molecule has 1 saturated heterocycles. The molecule has 0 bridgehead atoms. The van der Waals surface area contributed by atoms with Gasteiger partial charge in [0.15, 0.2) is 9.84 Å². The number of methoxy groups -OCH3 is 2. The third-order valence-corrected chi connectivity index (χ3v) is 5.75. The number of sulfone groups is 1. The number of hydrogen-bond donors (Lipinski definition) is 2. The largest absolute Gasteiger partial charge is 0.496 e. The summed E-state index contributed by atoms with van der Waals surface area (Å²) in [7, 11) is 0.284. The van der Waals surface area contributed by atoms with E-state index in [4.69, 9.17) is 15.3 Å². The average molecular weight is 314 g/mol. The van der Waals surface area contributed by atoms with Gasteiger partial charge in [0, 0.05) is 0 Å². The molecule has 1 aliphatic heterocycles. The van der Waals surface area contributed by atoms with Crippen LogP contribution in [-0.2, 0) is 9.84 Å². The minimum atomic E-state index is -2.89. The molecule has 0 aromatic heterocycles. The first kappa shape index (κ1) is 16.1. The van der Waals surface area contributed by atoms with Gasteiger partial charge in [-0.2, -0.15) is 0 Å². The van der Waals surface area contributed by atoms with Gasteiger partial charge < -0.3 is 9.47 Å². The summed E-state index contributed by atoms with van der Waals surface area (Å²) in [5.41, 5.74) is 3.60. The first-order chi connectivity index (χ1) is 10.0. The molecule has 0 radical (unpaired) electrons. The maximum absolute atomic E-state index is 11.6. The fraction of sp³-hybridized carbons (Fsp3) is 0.571. The van der Waals surface area contributed by atoms with Gasteiger partial charge in [-0.1, -0.05) is 6.07 Å². The lowest BCUT2D eigenvalue weighted by atomic mass is 9.93. The molecule has 1 fully saturated rings. The van der Waals surface area contributed by atoms with Crippen molar-refractivity contribution in [3.63, 3.8) is 0 Å². The van der Waals surface area contributed by atoms with Crippen molar-refractivity contribution in [1.82, 2.24) is 5.43 Å². The molecule has 1 aliphatic rings. The summed E-state index contributed by atoms with van der Waals surface area (Å²) >= 11 is 0. The smallest absolute Gasteiger partial charge is 0.150 e. The van der Waals surface area contributed by atoms with Crippen molar-refractivity contribution in [2.24, 2.45) is 11.8 Å². The van der Waals surface area contributed by atoms with Gasteiger partial charge in [0.2, 0.25) is 0 Å². The van der Waals surface area contributed by atoms with Crippen LogP contribution >= 0.6 is 0 Å². The minimum Gasteiger partial charge on any atom is -0.496 e. The minimum absolute atomic E-state index is 0.102. The Kier molecular flexibility index (Phi) is 5.08. The van der Waals surface area contributed by atoms with E-state index in [1.165, 1.54) is 0 Å². The lowest BCUT2D eigenvalue weighted by Gasteiger charge is -2.23. The highest BCUT2D eigenvalue weighted by Crippen LogP contribution is 2.38. The molecule has 7 heteroatoms. The summed E-state index contributed by atoms with van der Waals surface area (Å²) in [5.74, 6) is 7.63. The first-order valence-corrected chi connectivity index (χ1v) is 8.70. The van der Waals surface area contributed by atoms with Gasteiger partial charge in [-0.25, -0.2) is 8.42 Å². The van der Waals surface area contributed by atoms with Crippen molar-refractivity contribution in [1.29, 1.82) is 0 Å². The topological polar surface area (TPSA) is 90.6 Å². The van der Waals surface area contributed by atoms with Crippen molar-refractivity contribution in [3.05, 3.63) is 23.8 Å². The monoisotopic (exact) mass is 314 g/mol. The van der Waals surface area contributed by atoms with E-state index in [1.807, 2.05) is 18.2 Å². The molecule has 0 amide bonds. The van der Waals surface area contributed by atoms with E-state index in [1.54, 1.807) is 14.2 Å². The molecular formula is C14H22N2O4S. The van der Waals surface area contributed by atoms with Crippen molar-refractivity contribution < 1.29 is 17.9 Å².